The van der Waals surface area contributed by atoms with Crippen LogP contribution < -0.4 is 10.1 Å². The lowest BCUT2D eigenvalue weighted by Gasteiger charge is -2.35. The number of methoxy groups -OCH3 is 1. The minimum absolute atomic E-state index is 0.121. The fraction of sp³-hybridized carbons (Fsp3) is 0.333. The second-order valence-corrected chi connectivity index (χ2v) is 5.09. The van der Waals surface area contributed by atoms with Crippen molar-refractivity contribution in [2.45, 2.75) is 0 Å². The first-order valence-corrected chi connectivity index (χ1v) is 6.25. The summed E-state index contributed by atoms with van der Waals surface area (Å²) in [5.74, 6) is -1.34. The Morgan fingerprint density at radius 3 is 2.63 bits per heavy atom. The van der Waals surface area contributed by atoms with E-state index in [0.717, 1.165) is 4.47 Å². The molecule has 0 unspecified atom stereocenters. The zero-order valence-corrected chi connectivity index (χ0v) is 11.7. The van der Waals surface area contributed by atoms with Gasteiger partial charge in [-0.3, -0.25) is 9.59 Å². The van der Waals surface area contributed by atoms with Crippen molar-refractivity contribution in [1.29, 1.82) is 0 Å². The van der Waals surface area contributed by atoms with Crippen LogP contribution in [-0.2, 0) is 14.3 Å². The van der Waals surface area contributed by atoms with Crippen molar-refractivity contribution in [2.75, 3.05) is 25.6 Å². The van der Waals surface area contributed by atoms with Gasteiger partial charge in [-0.05, 0) is 18.2 Å². The number of anilines is 1. The maximum absolute atomic E-state index is 12.1. The van der Waals surface area contributed by atoms with Crippen LogP contribution in [-0.4, -0.2) is 37.3 Å². The van der Waals surface area contributed by atoms with E-state index in [-0.39, 0.29) is 13.2 Å². The topological polar surface area (TPSA) is 84.9 Å². The predicted octanol–water partition coefficient (Wildman–Crippen LogP) is 1.50. The minimum Gasteiger partial charge on any atom is -0.495 e. The van der Waals surface area contributed by atoms with Crippen LogP contribution in [0.3, 0.4) is 0 Å². The summed E-state index contributed by atoms with van der Waals surface area (Å²) < 4.78 is 10.7. The number of benzene rings is 1. The molecule has 19 heavy (non-hydrogen) atoms. The third-order valence-electron chi connectivity index (χ3n) is 2.95. The highest BCUT2D eigenvalue weighted by molar-refractivity contribution is 9.10. The first-order chi connectivity index (χ1) is 8.99. The highest BCUT2D eigenvalue weighted by atomic mass is 79.9. The summed E-state index contributed by atoms with van der Waals surface area (Å²) in [6.07, 6.45) is 0. The van der Waals surface area contributed by atoms with Crippen molar-refractivity contribution in [3.8, 4) is 5.75 Å². The van der Waals surface area contributed by atoms with E-state index in [0.29, 0.717) is 11.4 Å². The molecule has 1 aliphatic rings. The number of aliphatic carboxylic acids is 1. The summed E-state index contributed by atoms with van der Waals surface area (Å²) in [6.45, 7) is -0.241. The summed E-state index contributed by atoms with van der Waals surface area (Å²) >= 11 is 3.28. The molecular weight excluding hydrogens is 318 g/mol. The standard InChI is InChI=1S/C12H12BrNO5/c1-18-9-3-2-7(13)4-8(9)14-10(15)12(11(16)17)5-19-6-12/h2-4H,5-6H2,1H3,(H,14,15)(H,16,17). The highest BCUT2D eigenvalue weighted by Gasteiger charge is 2.53. The molecule has 7 heteroatoms. The number of halogens is 1. The van der Waals surface area contributed by atoms with Gasteiger partial charge >= 0.3 is 5.97 Å². The molecule has 1 heterocycles. The molecule has 2 N–H and O–H groups in total. The lowest BCUT2D eigenvalue weighted by Crippen LogP contribution is -2.57. The molecule has 0 spiro atoms. The average molecular weight is 330 g/mol. The Bertz CT molecular complexity index is 527. The second-order valence-electron chi connectivity index (χ2n) is 4.18. The molecule has 0 bridgehead atoms. The summed E-state index contributed by atoms with van der Waals surface area (Å²) in [7, 11) is 1.47. The fourth-order valence-corrected chi connectivity index (χ4v) is 2.04. The molecule has 1 fully saturated rings. The van der Waals surface area contributed by atoms with Crippen LogP contribution in [0.1, 0.15) is 0 Å². The van der Waals surface area contributed by atoms with Crippen LogP contribution in [0.5, 0.6) is 5.75 Å². The van der Waals surface area contributed by atoms with Gasteiger partial charge in [0.05, 0.1) is 26.0 Å². The highest BCUT2D eigenvalue weighted by Crippen LogP contribution is 2.33. The lowest BCUT2D eigenvalue weighted by molar-refractivity contribution is -0.182. The number of hydrogen-bond acceptors (Lipinski definition) is 4. The molecule has 0 atom stereocenters. The third kappa shape index (κ3) is 2.43. The van der Waals surface area contributed by atoms with E-state index in [1.807, 2.05) is 0 Å². The first-order valence-electron chi connectivity index (χ1n) is 5.46. The Labute approximate surface area is 117 Å². The van der Waals surface area contributed by atoms with Gasteiger partial charge in [-0.15, -0.1) is 0 Å². The molecule has 0 saturated carbocycles. The van der Waals surface area contributed by atoms with Gasteiger partial charge in [0.25, 0.3) is 0 Å². The van der Waals surface area contributed by atoms with E-state index in [4.69, 9.17) is 14.6 Å². The number of ether oxygens (including phenoxy) is 2. The van der Waals surface area contributed by atoms with Crippen LogP contribution in [0.15, 0.2) is 22.7 Å². The normalized spacial score (nSPS) is 16.3. The van der Waals surface area contributed by atoms with Crippen molar-refractivity contribution >= 4 is 33.5 Å². The first kappa shape index (κ1) is 13.8. The van der Waals surface area contributed by atoms with Gasteiger partial charge in [0.15, 0.2) is 5.41 Å². The van der Waals surface area contributed by atoms with E-state index in [9.17, 15) is 9.59 Å². The number of nitrogens with one attached hydrogen (secondary N) is 1. The van der Waals surface area contributed by atoms with E-state index in [1.54, 1.807) is 18.2 Å². The van der Waals surface area contributed by atoms with Crippen LogP contribution >= 0.6 is 15.9 Å². The van der Waals surface area contributed by atoms with Gasteiger partial charge in [-0.25, -0.2) is 0 Å². The second kappa shape index (κ2) is 5.18. The van der Waals surface area contributed by atoms with Crippen molar-refractivity contribution in [2.24, 2.45) is 5.41 Å². The minimum atomic E-state index is -1.51. The molecule has 0 radical (unpaired) electrons. The largest absolute Gasteiger partial charge is 0.495 e. The van der Waals surface area contributed by atoms with Gasteiger partial charge in [-0.2, -0.15) is 0 Å². The van der Waals surface area contributed by atoms with E-state index in [1.165, 1.54) is 7.11 Å². The molecule has 2 rings (SSSR count). The Balaban J connectivity index is 2.23. The van der Waals surface area contributed by atoms with Crippen LogP contribution in [0.25, 0.3) is 0 Å². The summed E-state index contributed by atoms with van der Waals surface area (Å²) in [4.78, 5) is 23.3. The number of carbonyl (C=O) groups excluding carboxylic acids is 1. The Hall–Kier alpha value is -1.60. The molecule has 0 aromatic heterocycles. The lowest BCUT2D eigenvalue weighted by atomic mass is 9.85. The van der Waals surface area contributed by atoms with Crippen molar-refractivity contribution in [3.63, 3.8) is 0 Å². The number of amides is 1. The van der Waals surface area contributed by atoms with Gasteiger partial charge < -0.3 is 19.9 Å². The van der Waals surface area contributed by atoms with E-state index >= 15 is 0 Å². The SMILES string of the molecule is COc1ccc(Br)cc1NC(=O)C1(C(=O)O)COC1. The molecule has 1 saturated heterocycles. The van der Waals surface area contributed by atoms with Crippen molar-refractivity contribution in [1.82, 2.24) is 0 Å². The van der Waals surface area contributed by atoms with Crippen molar-refractivity contribution in [3.05, 3.63) is 22.7 Å². The quantitative estimate of drug-likeness (QED) is 0.817. The molecule has 6 nitrogen and oxygen atoms in total. The number of rotatable bonds is 4. The van der Waals surface area contributed by atoms with E-state index in [2.05, 4.69) is 21.2 Å². The van der Waals surface area contributed by atoms with Gasteiger partial charge in [0, 0.05) is 4.47 Å². The fourth-order valence-electron chi connectivity index (χ4n) is 1.68. The molecule has 1 aliphatic heterocycles. The van der Waals surface area contributed by atoms with Crippen LogP contribution in [0, 0.1) is 5.41 Å². The number of carboxylic acids is 1. The Kier molecular flexibility index (Phi) is 3.77. The molecule has 1 aromatic rings. The predicted molar refractivity (Wildman–Crippen MR) is 70.2 cm³/mol. The number of hydrogen-bond donors (Lipinski definition) is 2. The molecular formula is C12H12BrNO5. The number of carboxylic acid groups (broad SMARTS) is 1. The molecule has 102 valence electrons. The molecule has 1 amide bonds. The van der Waals surface area contributed by atoms with Gasteiger partial charge in [0.1, 0.15) is 5.75 Å². The molecule has 1 aromatic carbocycles. The third-order valence-corrected chi connectivity index (χ3v) is 3.44. The summed E-state index contributed by atoms with van der Waals surface area (Å²) in [5.41, 5.74) is -1.10. The van der Waals surface area contributed by atoms with E-state index < -0.39 is 17.3 Å². The zero-order valence-electron chi connectivity index (χ0n) is 10.1. The Morgan fingerprint density at radius 1 is 1.47 bits per heavy atom. The smallest absolute Gasteiger partial charge is 0.324 e. The van der Waals surface area contributed by atoms with Gasteiger partial charge in [-0.1, -0.05) is 15.9 Å². The average Bonchev–Trinajstić information content (AvgIpc) is 2.27. The van der Waals surface area contributed by atoms with Crippen molar-refractivity contribution < 1.29 is 24.2 Å². The zero-order chi connectivity index (χ0) is 14.0. The van der Waals surface area contributed by atoms with Gasteiger partial charge in [0.2, 0.25) is 5.91 Å². The molecule has 0 aliphatic carbocycles. The monoisotopic (exact) mass is 329 g/mol. The summed E-state index contributed by atoms with van der Waals surface area (Å²) in [6, 6.07) is 5.07. The Morgan fingerprint density at radius 2 is 2.16 bits per heavy atom. The van der Waals surface area contributed by atoms with Crippen LogP contribution in [0.4, 0.5) is 5.69 Å². The maximum Gasteiger partial charge on any atom is 0.324 e. The summed E-state index contributed by atoms with van der Waals surface area (Å²) in [5, 5.41) is 11.7. The number of carbonyl (C=O) groups is 2. The van der Waals surface area contributed by atoms with Crippen LogP contribution in [0.2, 0.25) is 0 Å². The maximum atomic E-state index is 12.1.